The molecule has 6 heteroatoms. The van der Waals surface area contributed by atoms with Gasteiger partial charge < -0.3 is 10.2 Å². The van der Waals surface area contributed by atoms with Gasteiger partial charge in [0.2, 0.25) is 0 Å². The van der Waals surface area contributed by atoms with Gasteiger partial charge in [-0.3, -0.25) is 0 Å². The summed E-state index contributed by atoms with van der Waals surface area (Å²) >= 11 is 12.3. The molecule has 0 aliphatic rings. The molecule has 2 N–H and O–H groups in total. The molecule has 0 spiro atoms. The van der Waals surface area contributed by atoms with Gasteiger partial charge in [-0.1, -0.05) is 35.3 Å². The minimum absolute atomic E-state index is 0.546. The summed E-state index contributed by atoms with van der Waals surface area (Å²) < 4.78 is 0. The van der Waals surface area contributed by atoms with E-state index in [0.29, 0.717) is 15.9 Å². The predicted octanol–water partition coefficient (Wildman–Crippen LogP) is 3.55. The highest BCUT2D eigenvalue weighted by molar-refractivity contribution is 6.36. The van der Waals surface area contributed by atoms with Crippen molar-refractivity contribution in [3.63, 3.8) is 0 Å². The summed E-state index contributed by atoms with van der Waals surface area (Å²) in [5.41, 5.74) is 1.66. The van der Waals surface area contributed by atoms with Gasteiger partial charge in [0.1, 0.15) is 5.82 Å². The molecular formula is C19H21Cl2N4+. The Morgan fingerprint density at radius 2 is 1.84 bits per heavy atom. The zero-order chi connectivity index (χ0) is 17.8. The summed E-state index contributed by atoms with van der Waals surface area (Å²) in [6.07, 6.45) is 1.07. The Kier molecular flexibility index (Phi) is 5.74. The van der Waals surface area contributed by atoms with Crippen LogP contribution in [0.1, 0.15) is 6.42 Å². The zero-order valence-corrected chi connectivity index (χ0v) is 15.8. The van der Waals surface area contributed by atoms with Gasteiger partial charge >= 0.3 is 0 Å². The fourth-order valence-corrected chi connectivity index (χ4v) is 3.14. The van der Waals surface area contributed by atoms with Crippen molar-refractivity contribution < 1.29 is 4.90 Å². The number of hydrogen-bond acceptors (Lipinski definition) is 3. The molecule has 0 atom stereocenters. The van der Waals surface area contributed by atoms with Crippen LogP contribution in [0.4, 0.5) is 5.82 Å². The fraction of sp³-hybridized carbons (Fsp3) is 0.263. The van der Waals surface area contributed by atoms with E-state index in [4.69, 9.17) is 28.2 Å². The largest absolute Gasteiger partial charge is 0.369 e. The number of rotatable bonds is 6. The Morgan fingerprint density at radius 3 is 2.60 bits per heavy atom. The van der Waals surface area contributed by atoms with E-state index >= 15 is 0 Å². The first-order valence-corrected chi connectivity index (χ1v) is 9.05. The standard InChI is InChI=1S/C19H20Cl2N4/c1-25(2)11-5-10-22-18-15-6-3-4-7-17(15)23-19(24-18)14-9-8-13(20)12-16(14)21/h3-4,6-9,12H,5,10-11H2,1-2H3,(H,22,23,24)/p+1. The molecule has 3 aromatic rings. The second-order valence-corrected chi connectivity index (χ2v) is 7.12. The number of anilines is 1. The van der Waals surface area contributed by atoms with Crippen LogP contribution in [0.25, 0.3) is 22.3 Å². The van der Waals surface area contributed by atoms with Crippen molar-refractivity contribution in [2.24, 2.45) is 0 Å². The van der Waals surface area contributed by atoms with E-state index in [9.17, 15) is 0 Å². The quantitative estimate of drug-likeness (QED) is 0.647. The molecule has 1 aromatic heterocycles. The molecule has 0 unspecified atom stereocenters. The minimum Gasteiger partial charge on any atom is -0.369 e. The summed E-state index contributed by atoms with van der Waals surface area (Å²) in [7, 11) is 4.31. The van der Waals surface area contributed by atoms with Crippen molar-refractivity contribution in [3.05, 3.63) is 52.5 Å². The molecule has 0 amide bonds. The average molecular weight is 376 g/mol. The Bertz CT molecular complexity index is 880. The maximum absolute atomic E-state index is 6.34. The Labute approximate surface area is 157 Å². The molecule has 4 nitrogen and oxygen atoms in total. The maximum Gasteiger partial charge on any atom is 0.163 e. The number of halogens is 2. The van der Waals surface area contributed by atoms with Crippen molar-refractivity contribution in [1.29, 1.82) is 0 Å². The average Bonchev–Trinajstić information content (AvgIpc) is 2.58. The van der Waals surface area contributed by atoms with Crippen LogP contribution in [0.2, 0.25) is 10.0 Å². The highest BCUT2D eigenvalue weighted by Gasteiger charge is 2.12. The predicted molar refractivity (Wildman–Crippen MR) is 106 cm³/mol. The first-order valence-electron chi connectivity index (χ1n) is 8.29. The Morgan fingerprint density at radius 1 is 1.04 bits per heavy atom. The monoisotopic (exact) mass is 375 g/mol. The maximum atomic E-state index is 6.34. The summed E-state index contributed by atoms with van der Waals surface area (Å²) in [5, 5.41) is 5.60. The third kappa shape index (κ3) is 4.40. The van der Waals surface area contributed by atoms with Gasteiger partial charge in [-0.15, -0.1) is 0 Å². The molecule has 0 aliphatic carbocycles. The van der Waals surface area contributed by atoms with E-state index in [1.807, 2.05) is 30.3 Å². The van der Waals surface area contributed by atoms with Crippen molar-refractivity contribution in [2.75, 3.05) is 32.5 Å². The molecule has 0 saturated carbocycles. The van der Waals surface area contributed by atoms with E-state index in [1.54, 1.807) is 12.1 Å². The second-order valence-electron chi connectivity index (χ2n) is 6.27. The number of nitrogens with one attached hydrogen (secondary N) is 2. The van der Waals surface area contributed by atoms with Crippen molar-refractivity contribution in [1.82, 2.24) is 9.97 Å². The van der Waals surface area contributed by atoms with E-state index < -0.39 is 0 Å². The van der Waals surface area contributed by atoms with Gasteiger partial charge in [0.25, 0.3) is 0 Å². The van der Waals surface area contributed by atoms with Crippen molar-refractivity contribution >= 4 is 39.9 Å². The van der Waals surface area contributed by atoms with Gasteiger partial charge in [-0.2, -0.15) is 0 Å². The van der Waals surface area contributed by atoms with Gasteiger partial charge in [0.05, 0.1) is 31.2 Å². The summed E-state index contributed by atoms with van der Waals surface area (Å²) in [6.45, 7) is 1.96. The van der Waals surface area contributed by atoms with Gasteiger partial charge in [-0.05, 0) is 30.3 Å². The number of aromatic nitrogens is 2. The third-order valence-electron chi connectivity index (χ3n) is 3.92. The van der Waals surface area contributed by atoms with Crippen LogP contribution in [0.15, 0.2) is 42.5 Å². The molecule has 1 heterocycles. The number of quaternary nitrogens is 1. The number of para-hydroxylation sites is 1. The van der Waals surface area contributed by atoms with Crippen LogP contribution in [0.5, 0.6) is 0 Å². The van der Waals surface area contributed by atoms with E-state index in [-0.39, 0.29) is 0 Å². The lowest BCUT2D eigenvalue weighted by atomic mass is 10.1. The molecule has 130 valence electrons. The van der Waals surface area contributed by atoms with Gasteiger partial charge in [-0.25, -0.2) is 9.97 Å². The number of benzene rings is 2. The van der Waals surface area contributed by atoms with Crippen molar-refractivity contribution in [3.8, 4) is 11.4 Å². The van der Waals surface area contributed by atoms with Crippen LogP contribution in [-0.2, 0) is 0 Å². The Balaban J connectivity index is 1.97. The lowest BCUT2D eigenvalue weighted by Gasteiger charge is -2.12. The topological polar surface area (TPSA) is 42.2 Å². The molecule has 0 saturated heterocycles. The van der Waals surface area contributed by atoms with Crippen LogP contribution >= 0.6 is 23.2 Å². The summed E-state index contributed by atoms with van der Waals surface area (Å²) in [5.74, 6) is 1.43. The van der Waals surface area contributed by atoms with Crippen molar-refractivity contribution in [2.45, 2.75) is 6.42 Å². The van der Waals surface area contributed by atoms with E-state index in [1.165, 1.54) is 4.90 Å². The molecule has 0 fully saturated rings. The first-order chi connectivity index (χ1) is 12.0. The molecule has 0 bridgehead atoms. The van der Waals surface area contributed by atoms with E-state index in [2.05, 4.69) is 24.4 Å². The number of fused-ring (bicyclic) bond motifs is 1. The third-order valence-corrected chi connectivity index (χ3v) is 4.47. The van der Waals surface area contributed by atoms with E-state index in [0.717, 1.165) is 41.8 Å². The Hall–Kier alpha value is -1.88. The van der Waals surface area contributed by atoms with Crippen LogP contribution in [0.3, 0.4) is 0 Å². The lowest BCUT2D eigenvalue weighted by molar-refractivity contribution is -0.858. The van der Waals surface area contributed by atoms with Crippen LogP contribution < -0.4 is 10.2 Å². The lowest BCUT2D eigenvalue weighted by Crippen LogP contribution is -3.05. The number of hydrogen-bond donors (Lipinski definition) is 2. The summed E-state index contributed by atoms with van der Waals surface area (Å²) in [4.78, 5) is 10.8. The van der Waals surface area contributed by atoms with Crippen LogP contribution in [-0.4, -0.2) is 37.2 Å². The minimum atomic E-state index is 0.546. The highest BCUT2D eigenvalue weighted by Crippen LogP contribution is 2.31. The highest BCUT2D eigenvalue weighted by atomic mass is 35.5. The second kappa shape index (κ2) is 8.00. The van der Waals surface area contributed by atoms with Crippen LogP contribution in [0, 0.1) is 0 Å². The molecule has 2 aromatic carbocycles. The molecular weight excluding hydrogens is 355 g/mol. The molecule has 3 rings (SSSR count). The summed E-state index contributed by atoms with van der Waals surface area (Å²) in [6, 6.07) is 13.4. The van der Waals surface area contributed by atoms with Gasteiger partial charge in [0, 0.05) is 28.9 Å². The smallest absolute Gasteiger partial charge is 0.163 e. The molecule has 25 heavy (non-hydrogen) atoms. The zero-order valence-electron chi connectivity index (χ0n) is 14.3. The van der Waals surface area contributed by atoms with Gasteiger partial charge in [0.15, 0.2) is 5.82 Å². The fourth-order valence-electron chi connectivity index (χ4n) is 2.65. The SMILES string of the molecule is C[NH+](C)CCCNc1nc(-c2ccc(Cl)cc2Cl)nc2ccccc12. The normalized spacial score (nSPS) is 11.2. The first kappa shape index (κ1) is 17.9. The number of nitrogens with zero attached hydrogens (tertiary/aromatic N) is 2. The molecule has 0 aliphatic heterocycles. The molecule has 0 radical (unpaired) electrons.